The first-order chi connectivity index (χ1) is 12.6. The molecule has 0 amide bonds. The second kappa shape index (κ2) is 8.50. The van der Waals surface area contributed by atoms with E-state index in [4.69, 9.17) is 8.85 Å². The highest BCUT2D eigenvalue weighted by Crippen LogP contribution is 2.13. The Balaban J connectivity index is 1.96. The molecule has 0 radical (unpaired) electrons. The first-order valence-electron chi connectivity index (χ1n) is 8.86. The molecule has 2 aromatic rings. The quantitative estimate of drug-likeness (QED) is 0.531. The van der Waals surface area contributed by atoms with Gasteiger partial charge in [0, 0.05) is 5.57 Å². The van der Waals surface area contributed by atoms with Crippen LogP contribution in [-0.2, 0) is 18.4 Å². The summed E-state index contributed by atoms with van der Waals surface area (Å²) in [4.78, 5) is 24.8. The van der Waals surface area contributed by atoms with Crippen molar-refractivity contribution in [1.82, 2.24) is 0 Å². The van der Waals surface area contributed by atoms with Crippen molar-refractivity contribution in [2.24, 2.45) is 0 Å². The van der Waals surface area contributed by atoms with Crippen molar-refractivity contribution in [3.63, 3.8) is 0 Å². The van der Waals surface area contributed by atoms with Crippen LogP contribution >= 0.6 is 0 Å². The third kappa shape index (κ3) is 5.77. The van der Waals surface area contributed by atoms with Crippen molar-refractivity contribution < 1.29 is 18.4 Å². The maximum Gasteiger partial charge on any atom is 0.320 e. The number of hydrogen-bond acceptors (Lipinski definition) is 4. The smallest absolute Gasteiger partial charge is 0.320 e. The maximum absolute atomic E-state index is 12.4. The number of hydrogen-bond donors (Lipinski definition) is 0. The number of benzene rings is 2. The molecular formula is C21H26O4Si2. The van der Waals surface area contributed by atoms with Gasteiger partial charge in [-0.25, -0.2) is 4.79 Å². The van der Waals surface area contributed by atoms with Gasteiger partial charge >= 0.3 is 5.97 Å². The first-order valence-corrected chi connectivity index (χ1v) is 14.7. The predicted octanol–water partition coefficient (Wildman–Crippen LogP) is 3.24. The molecule has 0 aliphatic heterocycles. The Hall–Kier alpha value is -2.45. The largest absolute Gasteiger partial charge is 0.515 e. The average molecular weight is 399 g/mol. The predicted molar refractivity (Wildman–Crippen MR) is 113 cm³/mol. The van der Waals surface area contributed by atoms with Gasteiger partial charge in [0.1, 0.15) is 0 Å². The third-order valence-electron chi connectivity index (χ3n) is 4.30. The Morgan fingerprint density at radius 2 is 1.19 bits per heavy atom. The van der Waals surface area contributed by atoms with Crippen LogP contribution in [0.4, 0.5) is 0 Å². The summed E-state index contributed by atoms with van der Waals surface area (Å²) in [5.74, 6) is -0.983. The Kier molecular flexibility index (Phi) is 6.56. The van der Waals surface area contributed by atoms with E-state index in [1.54, 1.807) is 0 Å². The number of carbonyl (C=O) groups excluding carboxylic acids is 2. The van der Waals surface area contributed by atoms with Gasteiger partial charge in [-0.15, -0.1) is 0 Å². The van der Waals surface area contributed by atoms with E-state index in [1.807, 2.05) is 86.9 Å². The van der Waals surface area contributed by atoms with Gasteiger partial charge in [0.25, 0.3) is 22.6 Å². The van der Waals surface area contributed by atoms with Crippen molar-refractivity contribution in [3.05, 3.63) is 72.8 Å². The van der Waals surface area contributed by atoms with E-state index < -0.39 is 28.6 Å². The van der Waals surface area contributed by atoms with E-state index in [2.05, 4.69) is 6.58 Å². The molecule has 0 atom stereocenters. The molecule has 0 fully saturated rings. The molecule has 0 aromatic heterocycles. The summed E-state index contributed by atoms with van der Waals surface area (Å²) < 4.78 is 11.4. The van der Waals surface area contributed by atoms with E-state index in [-0.39, 0.29) is 12.0 Å². The van der Waals surface area contributed by atoms with E-state index in [0.29, 0.717) is 0 Å². The van der Waals surface area contributed by atoms with Crippen LogP contribution in [0.25, 0.3) is 0 Å². The zero-order valence-electron chi connectivity index (χ0n) is 16.3. The minimum Gasteiger partial charge on any atom is -0.515 e. The highest BCUT2D eigenvalue weighted by atomic mass is 28.4. The summed E-state index contributed by atoms with van der Waals surface area (Å²) in [5.41, 5.74) is 0.120. The van der Waals surface area contributed by atoms with Crippen LogP contribution in [0.1, 0.15) is 6.42 Å². The molecule has 0 unspecified atom stereocenters. The lowest BCUT2D eigenvalue weighted by Crippen LogP contribution is -2.47. The molecule has 0 aliphatic rings. The fourth-order valence-electron chi connectivity index (χ4n) is 2.67. The van der Waals surface area contributed by atoms with Crippen molar-refractivity contribution in [2.45, 2.75) is 32.6 Å². The summed E-state index contributed by atoms with van der Waals surface area (Å²) in [6, 6.07) is 19.3. The van der Waals surface area contributed by atoms with Crippen molar-refractivity contribution >= 4 is 38.9 Å². The molecule has 142 valence electrons. The SMILES string of the molecule is C=C(CC(=O)O[Si](C)(C)c1ccccc1)C(=O)O[Si](C)(C)c1ccccc1. The summed E-state index contributed by atoms with van der Waals surface area (Å²) in [6.45, 7) is 11.5. The van der Waals surface area contributed by atoms with E-state index in [1.165, 1.54) is 0 Å². The van der Waals surface area contributed by atoms with Crippen LogP contribution in [0.15, 0.2) is 72.8 Å². The molecule has 2 rings (SSSR count). The Morgan fingerprint density at radius 3 is 1.63 bits per heavy atom. The fourth-order valence-corrected chi connectivity index (χ4v) is 6.14. The van der Waals surface area contributed by atoms with Crippen molar-refractivity contribution in [3.8, 4) is 0 Å². The minimum atomic E-state index is -2.41. The molecule has 0 saturated heterocycles. The van der Waals surface area contributed by atoms with E-state index >= 15 is 0 Å². The first kappa shape index (κ1) is 20.9. The second-order valence-corrected chi connectivity index (χ2v) is 15.0. The van der Waals surface area contributed by atoms with Gasteiger partial charge in [-0.3, -0.25) is 4.79 Å². The molecule has 0 N–H and O–H groups in total. The van der Waals surface area contributed by atoms with E-state index in [0.717, 1.165) is 10.4 Å². The maximum atomic E-state index is 12.4. The van der Waals surface area contributed by atoms with Crippen LogP contribution in [0.5, 0.6) is 0 Å². The zero-order chi connectivity index (χ0) is 20.1. The molecule has 0 saturated carbocycles. The van der Waals surface area contributed by atoms with E-state index in [9.17, 15) is 9.59 Å². The summed E-state index contributed by atoms with van der Waals surface area (Å²) >= 11 is 0. The minimum absolute atomic E-state index is 0.120. The number of rotatable bonds is 7. The van der Waals surface area contributed by atoms with Crippen LogP contribution < -0.4 is 10.4 Å². The Morgan fingerprint density at radius 1 is 0.778 bits per heavy atom. The monoisotopic (exact) mass is 398 g/mol. The zero-order valence-corrected chi connectivity index (χ0v) is 18.3. The van der Waals surface area contributed by atoms with Gasteiger partial charge < -0.3 is 8.85 Å². The molecule has 0 bridgehead atoms. The van der Waals surface area contributed by atoms with Crippen molar-refractivity contribution in [1.29, 1.82) is 0 Å². The molecule has 6 heteroatoms. The van der Waals surface area contributed by atoms with Crippen LogP contribution in [0.3, 0.4) is 0 Å². The standard InChI is InChI=1S/C21H26O4Si2/c1-17(21(23)25-27(4,5)19-14-10-7-11-15-19)16-20(22)24-26(2,3)18-12-8-6-9-13-18/h6-15H,1,16H2,2-5H3. The summed E-state index contributed by atoms with van der Waals surface area (Å²) in [7, 11) is -4.79. The van der Waals surface area contributed by atoms with Gasteiger partial charge in [0.2, 0.25) is 0 Å². The van der Waals surface area contributed by atoms with Crippen LogP contribution in [0, 0.1) is 0 Å². The molecule has 2 aromatic carbocycles. The highest BCUT2D eigenvalue weighted by Gasteiger charge is 2.32. The van der Waals surface area contributed by atoms with Gasteiger partial charge in [-0.2, -0.15) is 0 Å². The molecule has 0 spiro atoms. The molecule has 27 heavy (non-hydrogen) atoms. The summed E-state index contributed by atoms with van der Waals surface area (Å²) in [5, 5.41) is 2.02. The molecular weight excluding hydrogens is 372 g/mol. The van der Waals surface area contributed by atoms with Gasteiger partial charge in [0.05, 0.1) is 6.42 Å². The summed E-state index contributed by atoms with van der Waals surface area (Å²) in [6.07, 6.45) is -0.165. The lowest BCUT2D eigenvalue weighted by atomic mass is 10.2. The van der Waals surface area contributed by atoms with Gasteiger partial charge in [-0.1, -0.05) is 67.2 Å². The third-order valence-corrected chi connectivity index (χ3v) is 9.18. The topological polar surface area (TPSA) is 52.6 Å². The van der Waals surface area contributed by atoms with Gasteiger partial charge in [-0.05, 0) is 36.6 Å². The molecule has 0 aliphatic carbocycles. The molecule has 4 nitrogen and oxygen atoms in total. The number of carbonyl (C=O) groups is 2. The Labute approximate surface area is 163 Å². The molecule has 0 heterocycles. The lowest BCUT2D eigenvalue weighted by Gasteiger charge is -2.25. The second-order valence-electron chi connectivity index (χ2n) is 7.40. The van der Waals surface area contributed by atoms with Crippen LogP contribution in [-0.4, -0.2) is 28.6 Å². The normalized spacial score (nSPS) is 11.6. The van der Waals surface area contributed by atoms with Gasteiger partial charge in [0.15, 0.2) is 0 Å². The van der Waals surface area contributed by atoms with Crippen molar-refractivity contribution in [2.75, 3.05) is 0 Å². The Bertz CT molecular complexity index is 815. The van der Waals surface area contributed by atoms with Crippen LogP contribution in [0.2, 0.25) is 26.2 Å². The highest BCUT2D eigenvalue weighted by molar-refractivity contribution is 6.86. The average Bonchev–Trinajstić information content (AvgIpc) is 2.62. The fraction of sp³-hybridized carbons (Fsp3) is 0.238. The lowest BCUT2D eigenvalue weighted by molar-refractivity contribution is -0.137.